The van der Waals surface area contributed by atoms with Gasteiger partial charge in [-0.05, 0) is 47.9 Å². The Balaban J connectivity index is 1.57. The van der Waals surface area contributed by atoms with Crippen LogP contribution in [0, 0.1) is 0 Å². The Morgan fingerprint density at radius 3 is 2.28 bits per heavy atom. The average Bonchev–Trinajstić information content (AvgIpc) is 3.37. The fourth-order valence-corrected chi connectivity index (χ4v) is 3.25. The predicted octanol–water partition coefficient (Wildman–Crippen LogP) is 6.41. The van der Waals surface area contributed by atoms with Crippen LogP contribution in [-0.4, -0.2) is 12.1 Å². The minimum atomic E-state index is -0.234. The third kappa shape index (κ3) is 3.73. The lowest BCUT2D eigenvalue weighted by Gasteiger charge is -2.08. The second-order valence-corrected chi connectivity index (χ2v) is 6.60. The van der Waals surface area contributed by atoms with Gasteiger partial charge in [-0.15, -0.1) is 0 Å². The lowest BCUT2D eigenvalue weighted by Crippen LogP contribution is -2.13. The topological polar surface area (TPSA) is 54.6 Å². The Kier molecular flexibility index (Phi) is 5.08. The maximum Gasteiger partial charge on any atom is 0.260 e. The van der Waals surface area contributed by atoms with Crippen molar-refractivity contribution in [3.63, 3.8) is 0 Å². The van der Waals surface area contributed by atoms with Gasteiger partial charge in [-0.1, -0.05) is 55.1 Å². The molecule has 0 spiro atoms. The number of hydrogen-bond acceptors (Lipinski definition) is 3. The van der Waals surface area contributed by atoms with E-state index in [4.69, 9.17) is 4.42 Å². The van der Waals surface area contributed by atoms with Crippen LogP contribution in [0.15, 0.2) is 95.0 Å². The number of benzene rings is 3. The first kappa shape index (κ1) is 18.4. The third-order valence-corrected chi connectivity index (χ3v) is 4.61. The second-order valence-electron chi connectivity index (χ2n) is 6.60. The number of fused-ring (bicyclic) bond motifs is 2. The van der Waals surface area contributed by atoms with Crippen LogP contribution in [0.1, 0.15) is 22.8 Å². The molecule has 4 heteroatoms. The van der Waals surface area contributed by atoms with E-state index in [2.05, 4.69) is 29.0 Å². The molecule has 0 fully saturated rings. The number of allylic oxidation sites excluding steroid dienone is 2. The largest absolute Gasteiger partial charge is 0.456 e. The normalized spacial score (nSPS) is 11.6. The molecule has 4 rings (SSSR count). The summed E-state index contributed by atoms with van der Waals surface area (Å²) in [7, 11) is 0. The monoisotopic (exact) mass is 380 g/mol. The van der Waals surface area contributed by atoms with Crippen LogP contribution < -0.4 is 5.32 Å². The summed E-state index contributed by atoms with van der Waals surface area (Å²) < 4.78 is 5.71. The van der Waals surface area contributed by atoms with Crippen molar-refractivity contribution in [1.29, 1.82) is 0 Å². The summed E-state index contributed by atoms with van der Waals surface area (Å²) in [5.41, 5.74) is 5.88. The Morgan fingerprint density at radius 2 is 1.59 bits per heavy atom. The SMILES string of the molecule is C=C(C=N/C=C\C)c1c(C(=O)Nc2ccc(-c3ccccc3)cc2)c2ccc1o2. The van der Waals surface area contributed by atoms with Gasteiger partial charge in [0.2, 0.25) is 0 Å². The number of nitrogens with zero attached hydrogens (tertiary/aromatic N) is 1. The number of carbonyl (C=O) groups is 1. The molecule has 0 aliphatic rings. The van der Waals surface area contributed by atoms with Gasteiger partial charge in [0.05, 0.1) is 5.56 Å². The molecule has 0 aliphatic heterocycles. The fourth-order valence-electron chi connectivity index (χ4n) is 3.25. The van der Waals surface area contributed by atoms with Crippen molar-refractivity contribution in [2.24, 2.45) is 4.99 Å². The minimum Gasteiger partial charge on any atom is -0.456 e. The third-order valence-electron chi connectivity index (χ3n) is 4.61. The molecule has 142 valence electrons. The molecule has 0 saturated heterocycles. The molecular formula is C25H20N2O2. The molecule has 1 N–H and O–H groups in total. The molecule has 0 aliphatic carbocycles. The van der Waals surface area contributed by atoms with Gasteiger partial charge in [0, 0.05) is 23.7 Å². The van der Waals surface area contributed by atoms with Gasteiger partial charge in [0.15, 0.2) is 0 Å². The summed E-state index contributed by atoms with van der Waals surface area (Å²) in [4.78, 5) is 17.1. The first-order valence-electron chi connectivity index (χ1n) is 9.32. The summed E-state index contributed by atoms with van der Waals surface area (Å²) in [6.07, 6.45) is 5.12. The van der Waals surface area contributed by atoms with E-state index in [0.29, 0.717) is 33.6 Å². The van der Waals surface area contributed by atoms with E-state index < -0.39 is 0 Å². The highest BCUT2D eigenvalue weighted by Crippen LogP contribution is 2.33. The Morgan fingerprint density at radius 1 is 0.931 bits per heavy atom. The molecule has 2 heterocycles. The molecule has 2 aromatic heterocycles. The van der Waals surface area contributed by atoms with Crippen molar-refractivity contribution in [1.82, 2.24) is 0 Å². The van der Waals surface area contributed by atoms with Crippen molar-refractivity contribution >= 4 is 34.5 Å². The highest BCUT2D eigenvalue weighted by Gasteiger charge is 2.24. The maximum atomic E-state index is 13.0. The van der Waals surface area contributed by atoms with Crippen molar-refractivity contribution in [2.75, 3.05) is 5.32 Å². The molecule has 4 aromatic rings. The second kappa shape index (κ2) is 7.98. The van der Waals surface area contributed by atoms with Gasteiger partial charge in [0.1, 0.15) is 11.2 Å². The smallest absolute Gasteiger partial charge is 0.260 e. The molecule has 2 aromatic carbocycles. The van der Waals surface area contributed by atoms with Crippen molar-refractivity contribution in [3.05, 3.63) is 96.7 Å². The molecule has 29 heavy (non-hydrogen) atoms. The highest BCUT2D eigenvalue weighted by molar-refractivity contribution is 6.21. The lowest BCUT2D eigenvalue weighted by molar-refractivity contribution is 0.102. The van der Waals surface area contributed by atoms with Crippen molar-refractivity contribution in [3.8, 4) is 11.1 Å². The molecule has 1 amide bonds. The number of amides is 1. The number of aliphatic imine (C=N–C) groups is 1. The number of nitrogens with one attached hydrogen (secondary N) is 1. The van der Waals surface area contributed by atoms with Gasteiger partial charge in [-0.2, -0.15) is 0 Å². The van der Waals surface area contributed by atoms with Crippen LogP contribution in [0.2, 0.25) is 0 Å². The van der Waals surface area contributed by atoms with Crippen molar-refractivity contribution < 1.29 is 9.21 Å². The van der Waals surface area contributed by atoms with E-state index in [0.717, 1.165) is 11.1 Å². The molecule has 0 saturated carbocycles. The Hall–Kier alpha value is -3.92. The zero-order valence-electron chi connectivity index (χ0n) is 16.1. The van der Waals surface area contributed by atoms with E-state index in [-0.39, 0.29) is 5.91 Å². The Bertz CT molecular complexity index is 1200. The number of anilines is 1. The van der Waals surface area contributed by atoms with Crippen LogP contribution in [0.5, 0.6) is 0 Å². The molecule has 2 bridgehead atoms. The van der Waals surface area contributed by atoms with Crippen LogP contribution in [0.4, 0.5) is 5.69 Å². The van der Waals surface area contributed by atoms with Gasteiger partial charge in [-0.25, -0.2) is 0 Å². The quantitative estimate of drug-likeness (QED) is 0.393. The minimum absolute atomic E-state index is 0.234. The van der Waals surface area contributed by atoms with E-state index in [1.807, 2.05) is 61.5 Å². The van der Waals surface area contributed by atoms with Gasteiger partial charge >= 0.3 is 0 Å². The van der Waals surface area contributed by atoms with Gasteiger partial charge < -0.3 is 9.73 Å². The number of carbonyl (C=O) groups excluding carboxylic acids is 1. The lowest BCUT2D eigenvalue weighted by atomic mass is 10.0. The zero-order valence-corrected chi connectivity index (χ0v) is 16.1. The van der Waals surface area contributed by atoms with Gasteiger partial charge in [0.25, 0.3) is 5.91 Å². The molecule has 0 atom stereocenters. The average molecular weight is 380 g/mol. The highest BCUT2D eigenvalue weighted by atomic mass is 16.3. The van der Waals surface area contributed by atoms with Crippen LogP contribution >= 0.6 is 0 Å². The van der Waals surface area contributed by atoms with Crippen molar-refractivity contribution in [2.45, 2.75) is 6.92 Å². The fraction of sp³-hybridized carbons (Fsp3) is 0.0400. The van der Waals surface area contributed by atoms with Crippen LogP contribution in [-0.2, 0) is 0 Å². The molecule has 4 nitrogen and oxygen atoms in total. The maximum absolute atomic E-state index is 13.0. The van der Waals surface area contributed by atoms with Crippen LogP contribution in [0.3, 0.4) is 0 Å². The van der Waals surface area contributed by atoms with E-state index in [1.165, 1.54) is 0 Å². The van der Waals surface area contributed by atoms with E-state index in [9.17, 15) is 4.79 Å². The van der Waals surface area contributed by atoms with Crippen LogP contribution in [0.25, 0.3) is 27.9 Å². The molecule has 0 unspecified atom stereocenters. The first-order valence-corrected chi connectivity index (χ1v) is 9.32. The van der Waals surface area contributed by atoms with E-state index in [1.54, 1.807) is 18.5 Å². The number of furan rings is 2. The Labute approximate surface area is 169 Å². The molecule has 0 radical (unpaired) electrons. The number of rotatable bonds is 6. The summed E-state index contributed by atoms with van der Waals surface area (Å²) in [5.74, 6) is -0.234. The molecular weight excluding hydrogens is 360 g/mol. The number of hydrogen-bond donors (Lipinski definition) is 1. The summed E-state index contributed by atoms with van der Waals surface area (Å²) in [6.45, 7) is 5.93. The zero-order chi connectivity index (χ0) is 20.2. The summed E-state index contributed by atoms with van der Waals surface area (Å²) in [5, 5.41) is 2.96. The summed E-state index contributed by atoms with van der Waals surface area (Å²) >= 11 is 0. The van der Waals surface area contributed by atoms with Gasteiger partial charge in [-0.3, -0.25) is 9.79 Å². The summed E-state index contributed by atoms with van der Waals surface area (Å²) in [6, 6.07) is 21.5. The van der Waals surface area contributed by atoms with E-state index >= 15 is 0 Å². The predicted molar refractivity (Wildman–Crippen MR) is 120 cm³/mol. The first-order chi connectivity index (χ1) is 14.2. The standard InChI is InChI=1S/C25H20N2O2/c1-3-15-26-16-17(2)23-21-13-14-22(29-21)24(23)25(28)27-20-11-9-19(10-12-20)18-7-5-4-6-8-18/h3-16H,2H2,1H3,(H,27,28)/b15-3-,26-16?.